The first-order valence-corrected chi connectivity index (χ1v) is 13.8. The van der Waals surface area contributed by atoms with Gasteiger partial charge in [-0.05, 0) is 86.0 Å². The molecule has 2 fully saturated rings. The Bertz CT molecular complexity index is 1050. The van der Waals surface area contributed by atoms with E-state index in [1.54, 1.807) is 13.0 Å². The molecule has 0 amide bonds. The van der Waals surface area contributed by atoms with Gasteiger partial charge in [-0.3, -0.25) is 4.79 Å². The summed E-state index contributed by atoms with van der Waals surface area (Å²) in [5, 5.41) is 54.9. The van der Waals surface area contributed by atoms with Gasteiger partial charge in [-0.2, -0.15) is 0 Å². The Morgan fingerprint density at radius 3 is 2.30 bits per heavy atom. The molecule has 1 unspecified atom stereocenters. The van der Waals surface area contributed by atoms with Gasteiger partial charge < -0.3 is 25.5 Å². The fourth-order valence-corrected chi connectivity index (χ4v) is 9.25. The van der Waals surface area contributed by atoms with Gasteiger partial charge in [-0.15, -0.1) is 0 Å². The molecule has 4 rings (SSSR count). The monoisotopic (exact) mass is 518 g/mol. The Labute approximate surface area is 220 Å². The van der Waals surface area contributed by atoms with Crippen molar-refractivity contribution in [2.45, 2.75) is 117 Å². The van der Waals surface area contributed by atoms with Crippen LogP contribution in [0.5, 0.6) is 0 Å². The molecule has 0 aromatic rings. The van der Waals surface area contributed by atoms with Crippen LogP contribution in [0.1, 0.15) is 93.4 Å². The third kappa shape index (κ3) is 3.82. The molecule has 0 aromatic carbocycles. The minimum Gasteiger partial charge on any atom is -0.478 e. The van der Waals surface area contributed by atoms with Gasteiger partial charge in [0.25, 0.3) is 0 Å². The summed E-state index contributed by atoms with van der Waals surface area (Å²) in [6, 6.07) is 0. The van der Waals surface area contributed by atoms with E-state index < -0.39 is 57.5 Å². The van der Waals surface area contributed by atoms with E-state index in [0.717, 1.165) is 0 Å². The molecule has 0 radical (unpaired) electrons. The molecule has 7 nitrogen and oxygen atoms in total. The van der Waals surface area contributed by atoms with Crippen LogP contribution in [0.25, 0.3) is 0 Å². The van der Waals surface area contributed by atoms with Crippen LogP contribution in [-0.4, -0.2) is 61.2 Å². The number of Topliss-reactive ketones (excluding diaryl/α,β-unsaturated/α-hetero) is 1. The molecule has 9 atom stereocenters. The van der Waals surface area contributed by atoms with Crippen molar-refractivity contribution in [1.29, 1.82) is 0 Å². The molecule has 5 N–H and O–H groups in total. The van der Waals surface area contributed by atoms with E-state index in [1.807, 2.05) is 27.7 Å². The van der Waals surface area contributed by atoms with Crippen molar-refractivity contribution in [2.75, 3.05) is 0 Å². The molecular formula is C30H46O7. The van der Waals surface area contributed by atoms with E-state index in [2.05, 4.69) is 6.92 Å². The van der Waals surface area contributed by atoms with Gasteiger partial charge >= 0.3 is 5.97 Å². The second-order valence-electron chi connectivity index (χ2n) is 14.0. The SMILES string of the molecule is C/C(=C\CCC(C)(O)[C@H]1C[C@H](O)[C@@]2(C)C3=C(C(=O)C[C@]12C)[C@@]1(C)CC[C@H](O)C(C)(C)[C@@H]1C[C@@H]3O)C(=O)O. The molecule has 0 spiro atoms. The largest absolute Gasteiger partial charge is 0.478 e. The summed E-state index contributed by atoms with van der Waals surface area (Å²) in [6.07, 6.45) is 2.12. The van der Waals surface area contributed by atoms with Gasteiger partial charge in [-0.1, -0.05) is 40.7 Å². The summed E-state index contributed by atoms with van der Waals surface area (Å²) in [6.45, 7) is 13.3. The van der Waals surface area contributed by atoms with Crippen molar-refractivity contribution in [3.05, 3.63) is 22.8 Å². The molecule has 4 aliphatic rings. The van der Waals surface area contributed by atoms with Crippen LogP contribution in [0.15, 0.2) is 22.8 Å². The van der Waals surface area contributed by atoms with Crippen molar-refractivity contribution in [3.8, 4) is 0 Å². The smallest absolute Gasteiger partial charge is 0.330 e. The van der Waals surface area contributed by atoms with Crippen LogP contribution in [0, 0.1) is 33.5 Å². The number of aliphatic carboxylic acids is 1. The lowest BCUT2D eigenvalue weighted by atomic mass is 9.42. The molecule has 0 aromatic heterocycles. The van der Waals surface area contributed by atoms with Crippen molar-refractivity contribution < 1.29 is 35.1 Å². The van der Waals surface area contributed by atoms with E-state index in [4.69, 9.17) is 5.11 Å². The van der Waals surface area contributed by atoms with Crippen LogP contribution < -0.4 is 0 Å². The highest BCUT2D eigenvalue weighted by atomic mass is 16.4. The number of ketones is 1. The summed E-state index contributed by atoms with van der Waals surface area (Å²) < 4.78 is 0. The Balaban J connectivity index is 1.79. The van der Waals surface area contributed by atoms with Crippen molar-refractivity contribution >= 4 is 11.8 Å². The van der Waals surface area contributed by atoms with E-state index >= 15 is 0 Å². The number of rotatable bonds is 5. The number of hydrogen-bond donors (Lipinski definition) is 5. The number of allylic oxidation sites excluding steroid dienone is 2. The van der Waals surface area contributed by atoms with Crippen LogP contribution in [0.4, 0.5) is 0 Å². The standard InChI is InChI=1S/C30H46O7/c1-16(25(35)36)9-8-11-29(6,37)20-14-22(34)30(7)24-17(31)13-19-26(2,3)21(33)10-12-27(19,4)23(24)18(32)15-28(20,30)5/h9,17,19-22,31,33-34,37H,8,10-15H2,1-7H3,(H,35,36)/b16-9+/t17-,19-,20-,21-,22-,27-,28+,29?,30-/m0/s1. The first-order chi connectivity index (χ1) is 16.9. The van der Waals surface area contributed by atoms with Crippen LogP contribution >= 0.6 is 0 Å². The van der Waals surface area contributed by atoms with E-state index in [1.165, 1.54) is 6.92 Å². The van der Waals surface area contributed by atoms with Crippen LogP contribution in [0.3, 0.4) is 0 Å². The van der Waals surface area contributed by atoms with Gasteiger partial charge in [0.05, 0.1) is 23.9 Å². The summed E-state index contributed by atoms with van der Waals surface area (Å²) in [4.78, 5) is 25.3. The summed E-state index contributed by atoms with van der Waals surface area (Å²) in [5.74, 6) is -1.51. The highest BCUT2D eigenvalue weighted by Crippen LogP contribution is 2.72. The lowest BCUT2D eigenvalue weighted by Crippen LogP contribution is -2.61. The average molecular weight is 519 g/mol. The molecule has 0 bridgehead atoms. The highest BCUT2D eigenvalue weighted by molar-refractivity contribution is 6.00. The lowest BCUT2D eigenvalue weighted by Gasteiger charge is -2.62. The fourth-order valence-electron chi connectivity index (χ4n) is 9.25. The minimum atomic E-state index is -1.25. The maximum absolute atomic E-state index is 14.1. The van der Waals surface area contributed by atoms with Gasteiger partial charge in [0.2, 0.25) is 0 Å². The molecule has 4 aliphatic carbocycles. The number of carboxylic acid groups (broad SMARTS) is 1. The predicted octanol–water partition coefficient (Wildman–Crippen LogP) is 3.78. The van der Waals surface area contributed by atoms with Crippen LogP contribution in [0.2, 0.25) is 0 Å². The number of carbonyl (C=O) groups excluding carboxylic acids is 1. The predicted molar refractivity (Wildman–Crippen MR) is 139 cm³/mol. The zero-order valence-corrected chi connectivity index (χ0v) is 23.5. The molecule has 0 saturated heterocycles. The number of aliphatic hydroxyl groups excluding tert-OH is 3. The van der Waals surface area contributed by atoms with E-state index in [-0.39, 0.29) is 23.7 Å². The van der Waals surface area contributed by atoms with E-state index in [9.17, 15) is 30.0 Å². The second kappa shape index (κ2) is 8.73. The molecule has 0 aliphatic heterocycles. The summed E-state index contributed by atoms with van der Waals surface area (Å²) in [7, 11) is 0. The number of hydrogen-bond acceptors (Lipinski definition) is 6. The Hall–Kier alpha value is -1.54. The molecular weight excluding hydrogens is 472 g/mol. The molecule has 2 saturated carbocycles. The van der Waals surface area contributed by atoms with Crippen LogP contribution in [-0.2, 0) is 9.59 Å². The molecule has 0 heterocycles. The Morgan fingerprint density at radius 2 is 1.70 bits per heavy atom. The minimum absolute atomic E-state index is 0.0232. The maximum atomic E-state index is 14.1. The number of carbonyl (C=O) groups is 2. The third-order valence-corrected chi connectivity index (χ3v) is 11.7. The van der Waals surface area contributed by atoms with Crippen molar-refractivity contribution in [2.24, 2.45) is 33.5 Å². The van der Waals surface area contributed by atoms with Crippen molar-refractivity contribution in [3.63, 3.8) is 0 Å². The topological polar surface area (TPSA) is 135 Å². The number of aliphatic hydroxyl groups is 4. The van der Waals surface area contributed by atoms with Gasteiger partial charge in [0.1, 0.15) is 0 Å². The average Bonchev–Trinajstić information content (AvgIpc) is 2.99. The quantitative estimate of drug-likeness (QED) is 0.350. The maximum Gasteiger partial charge on any atom is 0.330 e. The van der Waals surface area contributed by atoms with Gasteiger partial charge in [0, 0.05) is 23.0 Å². The zero-order valence-electron chi connectivity index (χ0n) is 23.5. The third-order valence-electron chi connectivity index (χ3n) is 11.7. The van der Waals surface area contributed by atoms with Gasteiger partial charge in [0.15, 0.2) is 5.78 Å². The lowest BCUT2D eigenvalue weighted by molar-refractivity contribution is -0.144. The normalized spacial score (nSPS) is 45.1. The van der Waals surface area contributed by atoms with E-state index in [0.29, 0.717) is 49.7 Å². The molecule has 37 heavy (non-hydrogen) atoms. The zero-order chi connectivity index (χ0) is 27.9. The van der Waals surface area contributed by atoms with Crippen molar-refractivity contribution in [1.82, 2.24) is 0 Å². The number of fused-ring (bicyclic) bond motifs is 4. The Kier molecular flexibility index (Phi) is 6.72. The molecule has 7 heteroatoms. The number of carboxylic acids is 1. The van der Waals surface area contributed by atoms with Gasteiger partial charge in [-0.25, -0.2) is 4.79 Å². The highest BCUT2D eigenvalue weighted by Gasteiger charge is 2.71. The molecule has 208 valence electrons. The summed E-state index contributed by atoms with van der Waals surface area (Å²) in [5.41, 5.74) is -2.38. The first-order valence-electron chi connectivity index (χ1n) is 13.8. The summed E-state index contributed by atoms with van der Waals surface area (Å²) >= 11 is 0. The Morgan fingerprint density at radius 1 is 1.08 bits per heavy atom. The first kappa shape index (κ1) is 28.5. The fraction of sp³-hybridized carbons (Fsp3) is 0.800. The second-order valence-corrected chi connectivity index (χ2v) is 14.0.